The Kier molecular flexibility index (Phi) is 5.64. The van der Waals surface area contributed by atoms with E-state index in [1.54, 1.807) is 40.9 Å². The number of benzene rings is 1. The highest BCUT2D eigenvalue weighted by Gasteiger charge is 2.25. The molecule has 0 radical (unpaired) electrons. The fraction of sp³-hybridized carbons (Fsp3) is 0.263. The van der Waals surface area contributed by atoms with Gasteiger partial charge in [-0.3, -0.25) is 4.79 Å². The van der Waals surface area contributed by atoms with Crippen LogP contribution in [0.5, 0.6) is 0 Å². The summed E-state index contributed by atoms with van der Waals surface area (Å²) >= 11 is 1.33. The van der Waals surface area contributed by atoms with Crippen LogP contribution < -0.4 is 10.2 Å². The van der Waals surface area contributed by atoms with Crippen molar-refractivity contribution in [2.45, 2.75) is 4.90 Å². The molecule has 1 aliphatic rings. The standard InChI is InChI=1S/C19H20N6O3S2/c1-30(27,28)15-5-3-14(4-6-15)22-19-23-16(13-29-19)17(26)24-9-11-25(12-10-24)18-20-7-2-8-21-18/h2-8,13H,9-12H2,1H3,(H,22,23). The van der Waals surface area contributed by atoms with Crippen LogP contribution in [0.25, 0.3) is 0 Å². The van der Waals surface area contributed by atoms with E-state index < -0.39 is 9.84 Å². The van der Waals surface area contributed by atoms with Crippen molar-refractivity contribution in [3.63, 3.8) is 0 Å². The molecule has 11 heteroatoms. The van der Waals surface area contributed by atoms with Crippen LogP contribution >= 0.6 is 11.3 Å². The van der Waals surface area contributed by atoms with Gasteiger partial charge in [0.15, 0.2) is 15.0 Å². The number of nitrogens with one attached hydrogen (secondary N) is 1. The number of sulfone groups is 1. The minimum Gasteiger partial charge on any atom is -0.337 e. The van der Waals surface area contributed by atoms with Crippen molar-refractivity contribution in [3.8, 4) is 0 Å². The van der Waals surface area contributed by atoms with Crippen LogP contribution in [0.15, 0.2) is 53.0 Å². The van der Waals surface area contributed by atoms with Crippen molar-refractivity contribution in [2.75, 3.05) is 42.7 Å². The third kappa shape index (κ3) is 4.57. The summed E-state index contributed by atoms with van der Waals surface area (Å²) in [5.41, 5.74) is 1.09. The second-order valence-corrected chi connectivity index (χ2v) is 9.66. The molecule has 156 valence electrons. The van der Waals surface area contributed by atoms with E-state index in [0.717, 1.165) is 0 Å². The molecular weight excluding hydrogens is 424 g/mol. The lowest BCUT2D eigenvalue weighted by atomic mass is 10.3. The second kappa shape index (κ2) is 8.36. The fourth-order valence-electron chi connectivity index (χ4n) is 3.06. The largest absolute Gasteiger partial charge is 0.337 e. The van der Waals surface area contributed by atoms with Crippen molar-refractivity contribution < 1.29 is 13.2 Å². The molecule has 0 unspecified atom stereocenters. The zero-order valence-corrected chi connectivity index (χ0v) is 17.9. The number of carbonyl (C=O) groups is 1. The van der Waals surface area contributed by atoms with Gasteiger partial charge in [-0.1, -0.05) is 0 Å². The first-order valence-corrected chi connectivity index (χ1v) is 12.0. The van der Waals surface area contributed by atoms with Gasteiger partial charge in [0.1, 0.15) is 5.69 Å². The average Bonchev–Trinajstić information content (AvgIpc) is 3.22. The summed E-state index contributed by atoms with van der Waals surface area (Å²) in [6.45, 7) is 2.48. The lowest BCUT2D eigenvalue weighted by Crippen LogP contribution is -2.49. The smallest absolute Gasteiger partial charge is 0.273 e. The number of anilines is 3. The highest BCUT2D eigenvalue weighted by molar-refractivity contribution is 7.90. The van der Waals surface area contributed by atoms with Gasteiger partial charge < -0.3 is 15.1 Å². The topological polar surface area (TPSA) is 108 Å². The zero-order chi connectivity index (χ0) is 21.1. The Hall–Kier alpha value is -3.05. The van der Waals surface area contributed by atoms with E-state index in [1.165, 1.54) is 29.7 Å². The lowest BCUT2D eigenvalue weighted by Gasteiger charge is -2.34. The summed E-state index contributed by atoms with van der Waals surface area (Å²) in [4.78, 5) is 29.8. The van der Waals surface area contributed by atoms with E-state index in [-0.39, 0.29) is 10.8 Å². The van der Waals surface area contributed by atoms with E-state index in [0.29, 0.717) is 48.6 Å². The lowest BCUT2D eigenvalue weighted by molar-refractivity contribution is 0.0741. The Bertz CT molecular complexity index is 1120. The summed E-state index contributed by atoms with van der Waals surface area (Å²) in [7, 11) is -3.24. The van der Waals surface area contributed by atoms with Crippen LogP contribution in [0, 0.1) is 0 Å². The van der Waals surface area contributed by atoms with Gasteiger partial charge in [0.25, 0.3) is 5.91 Å². The summed E-state index contributed by atoms with van der Waals surface area (Å²) in [6.07, 6.45) is 4.58. The van der Waals surface area contributed by atoms with E-state index in [1.807, 2.05) is 0 Å². The normalized spacial score (nSPS) is 14.6. The number of carbonyl (C=O) groups excluding carboxylic acids is 1. The molecule has 4 rings (SSSR count). The molecule has 0 atom stereocenters. The van der Waals surface area contributed by atoms with Gasteiger partial charge in [-0.15, -0.1) is 11.3 Å². The molecule has 0 spiro atoms. The first-order chi connectivity index (χ1) is 14.4. The van der Waals surface area contributed by atoms with Crippen molar-refractivity contribution >= 4 is 43.8 Å². The molecule has 3 aromatic rings. The molecule has 2 aromatic heterocycles. The Labute approximate surface area is 178 Å². The van der Waals surface area contributed by atoms with Crippen LogP contribution in [-0.2, 0) is 9.84 Å². The molecule has 1 amide bonds. The fourth-order valence-corrected chi connectivity index (χ4v) is 4.40. The SMILES string of the molecule is CS(=O)(=O)c1ccc(Nc2nc(C(=O)N3CCN(c4ncccn4)CC3)cs2)cc1. The summed E-state index contributed by atoms with van der Waals surface area (Å²) in [5.74, 6) is 0.562. The van der Waals surface area contributed by atoms with E-state index in [4.69, 9.17) is 0 Å². The Balaban J connectivity index is 1.36. The minimum atomic E-state index is -3.24. The number of hydrogen-bond donors (Lipinski definition) is 1. The Morgan fingerprint density at radius 3 is 2.37 bits per heavy atom. The maximum atomic E-state index is 12.8. The summed E-state index contributed by atoms with van der Waals surface area (Å²) in [6, 6.07) is 8.19. The highest BCUT2D eigenvalue weighted by atomic mass is 32.2. The number of amides is 1. The molecule has 1 fully saturated rings. The molecule has 1 aromatic carbocycles. The second-order valence-electron chi connectivity index (χ2n) is 6.79. The maximum absolute atomic E-state index is 12.8. The summed E-state index contributed by atoms with van der Waals surface area (Å²) in [5, 5.41) is 5.40. The third-order valence-electron chi connectivity index (χ3n) is 4.66. The molecule has 1 aliphatic heterocycles. The van der Waals surface area contributed by atoms with Gasteiger partial charge in [-0.25, -0.2) is 23.4 Å². The van der Waals surface area contributed by atoms with E-state index >= 15 is 0 Å². The van der Waals surface area contributed by atoms with Gasteiger partial charge in [0.05, 0.1) is 4.90 Å². The van der Waals surface area contributed by atoms with Gasteiger partial charge in [-0.05, 0) is 30.3 Å². The quantitative estimate of drug-likeness (QED) is 0.637. The molecule has 9 nitrogen and oxygen atoms in total. The molecule has 0 aliphatic carbocycles. The number of rotatable bonds is 5. The van der Waals surface area contributed by atoms with Gasteiger partial charge in [0.2, 0.25) is 5.95 Å². The minimum absolute atomic E-state index is 0.111. The molecule has 0 bridgehead atoms. The number of hydrogen-bond acceptors (Lipinski definition) is 9. The van der Waals surface area contributed by atoms with E-state index in [2.05, 4.69) is 25.2 Å². The third-order valence-corrected chi connectivity index (χ3v) is 6.55. The van der Waals surface area contributed by atoms with Crippen LogP contribution in [-0.4, -0.2) is 66.6 Å². The maximum Gasteiger partial charge on any atom is 0.273 e. The van der Waals surface area contributed by atoms with Gasteiger partial charge >= 0.3 is 0 Å². The number of nitrogens with zero attached hydrogens (tertiary/aromatic N) is 5. The molecular formula is C19H20N6O3S2. The number of piperazine rings is 1. The van der Waals surface area contributed by atoms with Gasteiger partial charge in [-0.2, -0.15) is 0 Å². The molecule has 3 heterocycles. The van der Waals surface area contributed by atoms with Crippen LogP contribution in [0.2, 0.25) is 0 Å². The highest BCUT2D eigenvalue weighted by Crippen LogP contribution is 2.23. The van der Waals surface area contributed by atoms with E-state index in [9.17, 15) is 13.2 Å². The van der Waals surface area contributed by atoms with Crippen molar-refractivity contribution in [2.24, 2.45) is 0 Å². The first-order valence-electron chi connectivity index (χ1n) is 9.24. The molecule has 1 saturated heterocycles. The van der Waals surface area contributed by atoms with Gasteiger partial charge in [0, 0.05) is 55.9 Å². The Morgan fingerprint density at radius 1 is 1.07 bits per heavy atom. The molecule has 1 N–H and O–H groups in total. The zero-order valence-electron chi connectivity index (χ0n) is 16.2. The predicted octanol–water partition coefficient (Wildman–Crippen LogP) is 2.04. The molecule has 30 heavy (non-hydrogen) atoms. The number of aromatic nitrogens is 3. The van der Waals surface area contributed by atoms with Crippen LogP contribution in [0.3, 0.4) is 0 Å². The van der Waals surface area contributed by atoms with Crippen molar-refractivity contribution in [1.82, 2.24) is 19.9 Å². The monoisotopic (exact) mass is 444 g/mol. The first kappa shape index (κ1) is 20.2. The molecule has 0 saturated carbocycles. The summed E-state index contributed by atoms with van der Waals surface area (Å²) < 4.78 is 23.1. The van der Waals surface area contributed by atoms with Crippen LogP contribution in [0.4, 0.5) is 16.8 Å². The average molecular weight is 445 g/mol. The van der Waals surface area contributed by atoms with Crippen molar-refractivity contribution in [3.05, 3.63) is 53.8 Å². The van der Waals surface area contributed by atoms with Crippen molar-refractivity contribution in [1.29, 1.82) is 0 Å². The predicted molar refractivity (Wildman–Crippen MR) is 115 cm³/mol. The number of thiazole rings is 1. The Morgan fingerprint density at radius 2 is 1.73 bits per heavy atom. The van der Waals surface area contributed by atoms with Crippen LogP contribution in [0.1, 0.15) is 10.5 Å².